The summed E-state index contributed by atoms with van der Waals surface area (Å²) in [6, 6.07) is 3.43. The second kappa shape index (κ2) is 7.13. The molecule has 0 atom stereocenters. The summed E-state index contributed by atoms with van der Waals surface area (Å²) in [7, 11) is 1.71. The number of carbonyl (C=O) groups is 1. The number of pyridine rings is 1. The number of rotatable bonds is 6. The lowest BCUT2D eigenvalue weighted by atomic mass is 10.2. The van der Waals surface area contributed by atoms with Crippen LogP contribution in [0.25, 0.3) is 11.4 Å². The first-order valence-electron chi connectivity index (χ1n) is 7.31. The molecule has 0 aliphatic heterocycles. The quantitative estimate of drug-likeness (QED) is 0.816. The number of carbonyl (C=O) groups excluding carboxylic acids is 1. The van der Waals surface area contributed by atoms with Crippen molar-refractivity contribution in [3.63, 3.8) is 0 Å². The highest BCUT2D eigenvalue weighted by Crippen LogP contribution is 2.25. The Balaban J connectivity index is 2.34. The van der Waals surface area contributed by atoms with E-state index in [2.05, 4.69) is 15.3 Å². The number of hydrogen-bond acceptors (Lipinski definition) is 6. The van der Waals surface area contributed by atoms with Gasteiger partial charge in [0.05, 0.1) is 23.7 Å². The van der Waals surface area contributed by atoms with Gasteiger partial charge in [-0.15, -0.1) is 5.10 Å². The molecule has 0 spiro atoms. The van der Waals surface area contributed by atoms with Crippen LogP contribution in [0.2, 0.25) is 0 Å². The first kappa shape index (κ1) is 16.1. The Morgan fingerprint density at radius 1 is 1.36 bits per heavy atom. The lowest BCUT2D eigenvalue weighted by molar-refractivity contribution is -0.134. The van der Waals surface area contributed by atoms with Gasteiger partial charge in [-0.05, 0) is 25.0 Å². The van der Waals surface area contributed by atoms with Crippen LogP contribution in [-0.4, -0.2) is 31.1 Å². The number of nitrogens with zero attached hydrogens (tertiary/aromatic N) is 4. The van der Waals surface area contributed by atoms with Gasteiger partial charge in [-0.2, -0.15) is 0 Å². The predicted octanol–water partition coefficient (Wildman–Crippen LogP) is 1.64. The Morgan fingerprint density at radius 3 is 2.77 bits per heavy atom. The molecule has 0 bridgehead atoms. The Labute approximate surface area is 128 Å². The minimum absolute atomic E-state index is 0.171. The molecule has 7 nitrogen and oxygen atoms in total. The standard InChI is InChI=1S/C15H20N4O3/c1-4-6-14(21)22-13-8-7-11(16-10(13)5-2)15-12(9-20)19(3)18-17-15/h7-8,20H,4-6,9H2,1-3H3. The Bertz CT molecular complexity index is 667. The van der Waals surface area contributed by atoms with Crippen LogP contribution in [0.3, 0.4) is 0 Å². The van der Waals surface area contributed by atoms with Crippen molar-refractivity contribution in [2.45, 2.75) is 39.7 Å². The van der Waals surface area contributed by atoms with Gasteiger partial charge in [-0.25, -0.2) is 9.67 Å². The molecule has 0 amide bonds. The molecule has 0 saturated heterocycles. The fourth-order valence-electron chi connectivity index (χ4n) is 2.10. The molecule has 0 radical (unpaired) electrons. The van der Waals surface area contributed by atoms with Crippen LogP contribution in [-0.2, 0) is 24.9 Å². The predicted molar refractivity (Wildman–Crippen MR) is 80.1 cm³/mol. The maximum atomic E-state index is 11.6. The maximum Gasteiger partial charge on any atom is 0.311 e. The van der Waals surface area contributed by atoms with E-state index in [1.165, 1.54) is 4.68 Å². The minimum Gasteiger partial charge on any atom is -0.425 e. The van der Waals surface area contributed by atoms with E-state index in [0.29, 0.717) is 41.4 Å². The summed E-state index contributed by atoms with van der Waals surface area (Å²) in [6.45, 7) is 3.69. The second-order valence-electron chi connectivity index (χ2n) is 4.89. The van der Waals surface area contributed by atoms with Gasteiger partial charge in [0.1, 0.15) is 5.69 Å². The number of aliphatic hydroxyl groups excluding tert-OH is 1. The van der Waals surface area contributed by atoms with E-state index in [1.807, 2.05) is 13.8 Å². The van der Waals surface area contributed by atoms with Crippen molar-refractivity contribution in [3.8, 4) is 17.1 Å². The number of aliphatic hydroxyl groups is 1. The molecule has 2 aromatic heterocycles. The van der Waals surface area contributed by atoms with Gasteiger partial charge in [0.2, 0.25) is 0 Å². The van der Waals surface area contributed by atoms with Crippen LogP contribution < -0.4 is 4.74 Å². The largest absolute Gasteiger partial charge is 0.425 e. The molecule has 0 aromatic carbocycles. The summed E-state index contributed by atoms with van der Waals surface area (Å²) in [6.07, 6.45) is 1.74. The summed E-state index contributed by atoms with van der Waals surface area (Å²) in [5.41, 5.74) is 2.40. The molecule has 1 N–H and O–H groups in total. The van der Waals surface area contributed by atoms with E-state index >= 15 is 0 Å². The van der Waals surface area contributed by atoms with Crippen molar-refractivity contribution in [2.75, 3.05) is 0 Å². The second-order valence-corrected chi connectivity index (χ2v) is 4.89. The molecule has 2 heterocycles. The molecule has 7 heteroatoms. The zero-order chi connectivity index (χ0) is 16.1. The summed E-state index contributed by atoms with van der Waals surface area (Å²) in [5, 5.41) is 17.3. The van der Waals surface area contributed by atoms with E-state index in [0.717, 1.165) is 6.42 Å². The third-order valence-corrected chi connectivity index (χ3v) is 3.28. The number of hydrogen-bond donors (Lipinski definition) is 1. The van der Waals surface area contributed by atoms with Crippen molar-refractivity contribution in [2.24, 2.45) is 7.05 Å². The summed E-state index contributed by atoms with van der Waals surface area (Å²) in [4.78, 5) is 16.1. The number of aromatic nitrogens is 4. The first-order chi connectivity index (χ1) is 10.6. The molecule has 0 unspecified atom stereocenters. The molecule has 2 rings (SSSR count). The highest BCUT2D eigenvalue weighted by atomic mass is 16.5. The van der Waals surface area contributed by atoms with E-state index < -0.39 is 0 Å². The number of esters is 1. The smallest absolute Gasteiger partial charge is 0.311 e. The Morgan fingerprint density at radius 2 is 2.14 bits per heavy atom. The lowest BCUT2D eigenvalue weighted by Crippen LogP contribution is -2.09. The first-order valence-corrected chi connectivity index (χ1v) is 7.31. The van der Waals surface area contributed by atoms with E-state index in [-0.39, 0.29) is 12.6 Å². The Kier molecular flexibility index (Phi) is 5.21. The average Bonchev–Trinajstić information content (AvgIpc) is 2.88. The van der Waals surface area contributed by atoms with Gasteiger partial charge in [0.25, 0.3) is 0 Å². The van der Waals surface area contributed by atoms with Crippen molar-refractivity contribution in [1.82, 2.24) is 20.0 Å². The highest BCUT2D eigenvalue weighted by Gasteiger charge is 2.16. The van der Waals surface area contributed by atoms with Crippen LogP contribution >= 0.6 is 0 Å². The summed E-state index contributed by atoms with van der Waals surface area (Å²) in [5.74, 6) is 0.210. The van der Waals surface area contributed by atoms with Crippen molar-refractivity contribution in [3.05, 3.63) is 23.5 Å². The molecule has 0 aliphatic rings. The van der Waals surface area contributed by atoms with E-state index in [1.54, 1.807) is 19.2 Å². The van der Waals surface area contributed by atoms with Crippen molar-refractivity contribution >= 4 is 5.97 Å². The normalized spacial score (nSPS) is 10.7. The molecule has 118 valence electrons. The molecule has 0 fully saturated rings. The van der Waals surface area contributed by atoms with Crippen molar-refractivity contribution in [1.29, 1.82) is 0 Å². The third-order valence-electron chi connectivity index (χ3n) is 3.28. The fourth-order valence-corrected chi connectivity index (χ4v) is 2.10. The molecular weight excluding hydrogens is 284 g/mol. The van der Waals surface area contributed by atoms with Crippen LogP contribution in [0.4, 0.5) is 0 Å². The Hall–Kier alpha value is -2.28. The summed E-state index contributed by atoms with van der Waals surface area (Å²) < 4.78 is 6.85. The molecule has 0 aliphatic carbocycles. The molecule has 2 aromatic rings. The monoisotopic (exact) mass is 304 g/mol. The number of ether oxygens (including phenoxy) is 1. The van der Waals surface area contributed by atoms with E-state index in [9.17, 15) is 9.90 Å². The van der Waals surface area contributed by atoms with Crippen LogP contribution in [0.15, 0.2) is 12.1 Å². The average molecular weight is 304 g/mol. The maximum absolute atomic E-state index is 11.6. The fraction of sp³-hybridized carbons (Fsp3) is 0.467. The van der Waals surface area contributed by atoms with Gasteiger partial charge in [-0.1, -0.05) is 19.1 Å². The molecular formula is C15H20N4O3. The molecule has 22 heavy (non-hydrogen) atoms. The third kappa shape index (κ3) is 3.30. The van der Waals surface area contributed by atoms with Gasteiger partial charge in [-0.3, -0.25) is 4.79 Å². The topological polar surface area (TPSA) is 90.1 Å². The van der Waals surface area contributed by atoms with Gasteiger partial charge >= 0.3 is 5.97 Å². The number of aryl methyl sites for hydroxylation is 2. The minimum atomic E-state index is -0.262. The zero-order valence-electron chi connectivity index (χ0n) is 13.0. The van der Waals surface area contributed by atoms with Crippen LogP contribution in [0.1, 0.15) is 38.1 Å². The lowest BCUT2D eigenvalue weighted by Gasteiger charge is -2.09. The van der Waals surface area contributed by atoms with E-state index in [4.69, 9.17) is 4.74 Å². The highest BCUT2D eigenvalue weighted by molar-refractivity contribution is 5.72. The summed E-state index contributed by atoms with van der Waals surface area (Å²) >= 11 is 0. The van der Waals surface area contributed by atoms with Crippen LogP contribution in [0.5, 0.6) is 5.75 Å². The molecule has 0 saturated carbocycles. The van der Waals surface area contributed by atoms with Crippen molar-refractivity contribution < 1.29 is 14.6 Å². The SMILES string of the molecule is CCCC(=O)Oc1ccc(-c2nnn(C)c2CO)nc1CC. The van der Waals surface area contributed by atoms with Crippen LogP contribution in [0, 0.1) is 0 Å². The zero-order valence-corrected chi connectivity index (χ0v) is 13.0. The van der Waals surface area contributed by atoms with Gasteiger partial charge < -0.3 is 9.84 Å². The van der Waals surface area contributed by atoms with Gasteiger partial charge in [0.15, 0.2) is 5.75 Å². The van der Waals surface area contributed by atoms with Gasteiger partial charge in [0, 0.05) is 13.5 Å².